The highest BCUT2D eigenvalue weighted by Crippen LogP contribution is 2.27. The summed E-state index contributed by atoms with van der Waals surface area (Å²) in [5.74, 6) is -0.0581. The summed E-state index contributed by atoms with van der Waals surface area (Å²) >= 11 is 0. The van der Waals surface area contributed by atoms with Gasteiger partial charge < -0.3 is 10.1 Å². The zero-order valence-electron chi connectivity index (χ0n) is 15.5. The molecule has 1 aliphatic carbocycles. The maximum atomic E-state index is 11.7. The van der Waals surface area contributed by atoms with E-state index in [0.717, 1.165) is 12.0 Å². The van der Waals surface area contributed by atoms with Gasteiger partial charge in [0.05, 0.1) is 4.90 Å². The molecular weight excluding hydrogens is 368 g/mol. The zero-order chi connectivity index (χ0) is 19.7. The van der Waals surface area contributed by atoms with Crippen LogP contribution in [0.15, 0.2) is 29.2 Å². The van der Waals surface area contributed by atoms with E-state index >= 15 is 0 Å². The molecule has 1 fully saturated rings. The van der Waals surface area contributed by atoms with Crippen molar-refractivity contribution in [2.24, 2.45) is 11.1 Å². The van der Waals surface area contributed by atoms with Crippen LogP contribution in [0.4, 0.5) is 0 Å². The number of carbonyl (C=O) groups excluding carboxylic acids is 2. The first kappa shape index (κ1) is 21.4. The van der Waals surface area contributed by atoms with Gasteiger partial charge in [0.1, 0.15) is 0 Å². The Morgan fingerprint density at radius 1 is 1.11 bits per heavy atom. The molecule has 3 N–H and O–H groups in total. The summed E-state index contributed by atoms with van der Waals surface area (Å²) in [6.45, 7) is 0.0982. The molecule has 0 heterocycles. The van der Waals surface area contributed by atoms with E-state index in [-0.39, 0.29) is 23.4 Å². The fraction of sp³-hybridized carbons (Fsp3) is 0.579. The molecule has 2 rings (SSSR count). The van der Waals surface area contributed by atoms with Crippen molar-refractivity contribution < 1.29 is 22.7 Å². The third-order valence-corrected chi connectivity index (χ3v) is 5.76. The quantitative estimate of drug-likeness (QED) is 0.619. The van der Waals surface area contributed by atoms with Crippen molar-refractivity contribution in [1.82, 2.24) is 5.32 Å². The number of nitrogens with one attached hydrogen (secondary N) is 1. The van der Waals surface area contributed by atoms with Crippen molar-refractivity contribution in [1.29, 1.82) is 0 Å². The van der Waals surface area contributed by atoms with Gasteiger partial charge in [-0.15, -0.1) is 0 Å². The third-order valence-electron chi connectivity index (χ3n) is 4.83. The Balaban J connectivity index is 1.59. The van der Waals surface area contributed by atoms with Crippen LogP contribution in [0.3, 0.4) is 0 Å². The Bertz CT molecular complexity index is 725. The predicted octanol–water partition coefficient (Wildman–Crippen LogP) is 1.90. The summed E-state index contributed by atoms with van der Waals surface area (Å²) in [6.07, 6.45) is 7.89. The minimum absolute atomic E-state index is 0.0513. The molecule has 1 amide bonds. The van der Waals surface area contributed by atoms with Gasteiger partial charge in [-0.1, -0.05) is 44.2 Å². The summed E-state index contributed by atoms with van der Waals surface area (Å²) < 4.78 is 27.4. The van der Waals surface area contributed by atoms with Gasteiger partial charge >= 0.3 is 5.97 Å². The van der Waals surface area contributed by atoms with Crippen molar-refractivity contribution in [3.8, 4) is 0 Å². The van der Waals surface area contributed by atoms with Crippen LogP contribution in [-0.4, -0.2) is 33.4 Å². The molecule has 8 heteroatoms. The SMILES string of the molecule is NS(=O)(=O)c1ccc(CCNC(=O)COC(=O)CCC2CCCCC2)cc1. The lowest BCUT2D eigenvalue weighted by Gasteiger charge is -2.20. The van der Waals surface area contributed by atoms with Crippen LogP contribution in [-0.2, 0) is 30.8 Å². The second kappa shape index (κ2) is 10.4. The molecule has 0 spiro atoms. The Morgan fingerprint density at radius 2 is 1.78 bits per heavy atom. The number of primary sulfonamides is 1. The number of carbonyl (C=O) groups is 2. The molecule has 0 bridgehead atoms. The average molecular weight is 397 g/mol. The minimum Gasteiger partial charge on any atom is -0.456 e. The molecule has 27 heavy (non-hydrogen) atoms. The van der Waals surface area contributed by atoms with Crippen molar-refractivity contribution in [2.75, 3.05) is 13.2 Å². The van der Waals surface area contributed by atoms with E-state index in [0.29, 0.717) is 25.3 Å². The number of ether oxygens (including phenoxy) is 1. The van der Waals surface area contributed by atoms with Gasteiger partial charge in [0.25, 0.3) is 5.91 Å². The first-order chi connectivity index (χ1) is 12.8. The summed E-state index contributed by atoms with van der Waals surface area (Å²) in [6, 6.07) is 6.16. The monoisotopic (exact) mass is 396 g/mol. The van der Waals surface area contributed by atoms with Gasteiger partial charge in [0, 0.05) is 13.0 Å². The van der Waals surface area contributed by atoms with Gasteiger partial charge in [0.2, 0.25) is 10.0 Å². The molecule has 0 radical (unpaired) electrons. The lowest BCUT2D eigenvalue weighted by molar-refractivity contribution is -0.148. The summed E-state index contributed by atoms with van der Waals surface area (Å²) in [7, 11) is -3.70. The molecular formula is C19H28N2O5S. The normalized spacial score (nSPS) is 15.3. The fourth-order valence-corrected chi connectivity index (χ4v) is 3.77. The molecule has 1 aliphatic rings. The van der Waals surface area contributed by atoms with E-state index < -0.39 is 10.0 Å². The van der Waals surface area contributed by atoms with E-state index in [2.05, 4.69) is 5.32 Å². The summed E-state index contributed by atoms with van der Waals surface area (Å²) in [5.41, 5.74) is 0.868. The standard InChI is InChI=1S/C19H28N2O5S/c20-27(24,25)17-9-6-16(7-10-17)12-13-21-18(22)14-26-19(23)11-8-15-4-2-1-3-5-15/h6-7,9-10,15H,1-5,8,11-14H2,(H,21,22)(H2,20,24,25). The smallest absolute Gasteiger partial charge is 0.306 e. The van der Waals surface area contributed by atoms with Gasteiger partial charge in [-0.25, -0.2) is 13.6 Å². The molecule has 0 unspecified atom stereocenters. The predicted molar refractivity (Wildman–Crippen MR) is 101 cm³/mol. The number of hydrogen-bond donors (Lipinski definition) is 2. The van der Waals surface area contributed by atoms with E-state index in [9.17, 15) is 18.0 Å². The molecule has 150 valence electrons. The number of nitrogens with two attached hydrogens (primary N) is 1. The Kier molecular flexibility index (Phi) is 8.24. The van der Waals surface area contributed by atoms with E-state index in [1.54, 1.807) is 12.1 Å². The fourth-order valence-electron chi connectivity index (χ4n) is 3.26. The molecule has 1 saturated carbocycles. The first-order valence-corrected chi connectivity index (χ1v) is 10.9. The molecule has 0 aliphatic heterocycles. The van der Waals surface area contributed by atoms with E-state index in [1.165, 1.54) is 44.2 Å². The highest BCUT2D eigenvalue weighted by atomic mass is 32.2. The minimum atomic E-state index is -3.70. The van der Waals surface area contributed by atoms with E-state index in [4.69, 9.17) is 9.88 Å². The van der Waals surface area contributed by atoms with Crippen molar-refractivity contribution >= 4 is 21.9 Å². The topological polar surface area (TPSA) is 116 Å². The van der Waals surface area contributed by atoms with E-state index in [1.807, 2.05) is 0 Å². The van der Waals surface area contributed by atoms with Gasteiger partial charge in [-0.05, 0) is 36.5 Å². The van der Waals surface area contributed by atoms with Crippen LogP contribution in [0.5, 0.6) is 0 Å². The van der Waals surface area contributed by atoms with Gasteiger partial charge in [0.15, 0.2) is 6.61 Å². The first-order valence-electron chi connectivity index (χ1n) is 9.38. The second-order valence-corrected chi connectivity index (χ2v) is 8.55. The van der Waals surface area contributed by atoms with Crippen molar-refractivity contribution in [3.63, 3.8) is 0 Å². The largest absolute Gasteiger partial charge is 0.456 e. The van der Waals surface area contributed by atoms with Crippen LogP contribution in [0.2, 0.25) is 0 Å². The number of rotatable bonds is 9. The zero-order valence-corrected chi connectivity index (χ0v) is 16.3. The molecule has 1 aromatic rings. The number of sulfonamides is 1. The molecule has 0 aromatic heterocycles. The lowest BCUT2D eigenvalue weighted by Crippen LogP contribution is -2.30. The van der Waals surface area contributed by atoms with Crippen LogP contribution in [0.25, 0.3) is 0 Å². The van der Waals surface area contributed by atoms with Crippen LogP contribution in [0.1, 0.15) is 50.5 Å². The highest BCUT2D eigenvalue weighted by molar-refractivity contribution is 7.89. The van der Waals surface area contributed by atoms with Crippen molar-refractivity contribution in [2.45, 2.75) is 56.3 Å². The number of benzene rings is 1. The number of amides is 1. The number of esters is 1. The Hall–Kier alpha value is -1.93. The number of hydrogen-bond acceptors (Lipinski definition) is 5. The highest BCUT2D eigenvalue weighted by Gasteiger charge is 2.16. The molecule has 1 aromatic carbocycles. The Morgan fingerprint density at radius 3 is 2.41 bits per heavy atom. The Labute approximate surface area is 160 Å². The molecule has 0 saturated heterocycles. The van der Waals surface area contributed by atoms with Crippen LogP contribution in [0, 0.1) is 5.92 Å². The summed E-state index contributed by atoms with van der Waals surface area (Å²) in [4.78, 5) is 23.5. The van der Waals surface area contributed by atoms with Crippen LogP contribution >= 0.6 is 0 Å². The average Bonchev–Trinajstić information content (AvgIpc) is 2.65. The molecule has 0 atom stereocenters. The lowest BCUT2D eigenvalue weighted by atomic mass is 9.86. The van der Waals surface area contributed by atoms with Gasteiger partial charge in [-0.2, -0.15) is 0 Å². The van der Waals surface area contributed by atoms with Crippen LogP contribution < -0.4 is 10.5 Å². The molecule has 7 nitrogen and oxygen atoms in total. The summed E-state index contributed by atoms with van der Waals surface area (Å²) in [5, 5.41) is 7.72. The van der Waals surface area contributed by atoms with Crippen molar-refractivity contribution in [3.05, 3.63) is 29.8 Å². The second-order valence-electron chi connectivity index (χ2n) is 6.99. The maximum Gasteiger partial charge on any atom is 0.306 e. The maximum absolute atomic E-state index is 11.7. The van der Waals surface area contributed by atoms with Gasteiger partial charge in [-0.3, -0.25) is 9.59 Å². The third kappa shape index (κ3) is 8.09.